The molecular formula is C16H17F3N2O2. The molecule has 0 spiro atoms. The molecule has 0 saturated heterocycles. The number of aryl methyl sites for hydroxylation is 2. The van der Waals surface area contributed by atoms with E-state index in [0.29, 0.717) is 6.08 Å². The van der Waals surface area contributed by atoms with E-state index in [1.165, 1.54) is 13.0 Å². The van der Waals surface area contributed by atoms with Crippen molar-refractivity contribution in [3.05, 3.63) is 41.2 Å². The summed E-state index contributed by atoms with van der Waals surface area (Å²) < 4.78 is 43.7. The van der Waals surface area contributed by atoms with Crippen molar-refractivity contribution in [2.45, 2.75) is 26.9 Å². The predicted molar refractivity (Wildman–Crippen MR) is 82.2 cm³/mol. The lowest BCUT2D eigenvalue weighted by Gasteiger charge is -2.14. The summed E-state index contributed by atoms with van der Waals surface area (Å²) in [6.45, 7) is 5.31. The van der Waals surface area contributed by atoms with Gasteiger partial charge in [-0.05, 0) is 44.5 Å². The van der Waals surface area contributed by atoms with Crippen molar-refractivity contribution in [1.82, 2.24) is 4.98 Å². The summed E-state index contributed by atoms with van der Waals surface area (Å²) in [6.07, 6.45) is -4.27. The lowest BCUT2D eigenvalue weighted by molar-refractivity contribution is -0.138. The van der Waals surface area contributed by atoms with E-state index in [2.05, 4.69) is 15.0 Å². The first kappa shape index (κ1) is 16.9. The number of anilines is 1. The molecule has 0 bridgehead atoms. The average molecular weight is 326 g/mol. The quantitative estimate of drug-likeness (QED) is 0.654. The minimum atomic E-state index is -4.69. The summed E-state index contributed by atoms with van der Waals surface area (Å²) in [5.74, 6) is -1.04. The van der Waals surface area contributed by atoms with Crippen LogP contribution in [0.15, 0.2) is 30.0 Å². The zero-order valence-electron chi connectivity index (χ0n) is 13.0. The molecule has 2 aromatic rings. The first-order chi connectivity index (χ1) is 10.7. The van der Waals surface area contributed by atoms with E-state index < -0.39 is 17.8 Å². The van der Waals surface area contributed by atoms with Crippen molar-refractivity contribution in [3.8, 4) is 0 Å². The molecule has 0 saturated carbocycles. The maximum Gasteiger partial charge on any atom is 0.431 e. The molecule has 124 valence electrons. The monoisotopic (exact) mass is 326 g/mol. The molecule has 0 radical (unpaired) electrons. The van der Waals surface area contributed by atoms with Crippen LogP contribution >= 0.6 is 0 Å². The van der Waals surface area contributed by atoms with Gasteiger partial charge in [-0.2, -0.15) is 13.2 Å². The van der Waals surface area contributed by atoms with Gasteiger partial charge in [0.15, 0.2) is 0 Å². The maximum absolute atomic E-state index is 13.1. The van der Waals surface area contributed by atoms with Crippen LogP contribution in [0.2, 0.25) is 0 Å². The first-order valence-corrected chi connectivity index (χ1v) is 7.04. The van der Waals surface area contributed by atoms with Gasteiger partial charge < -0.3 is 15.0 Å². The Balaban J connectivity index is 2.36. The number of carbonyl (C=O) groups excluding carboxylic acids is 1. The van der Waals surface area contributed by atoms with Crippen LogP contribution in [0.5, 0.6) is 0 Å². The number of aromatic amines is 1. The second-order valence-corrected chi connectivity index (χ2v) is 5.07. The van der Waals surface area contributed by atoms with Crippen LogP contribution in [0.4, 0.5) is 18.9 Å². The zero-order chi connectivity index (χ0) is 17.2. The highest BCUT2D eigenvalue weighted by Crippen LogP contribution is 2.30. The molecule has 4 nitrogen and oxygen atoms in total. The Morgan fingerprint density at radius 2 is 2.04 bits per heavy atom. The van der Waals surface area contributed by atoms with Gasteiger partial charge in [-0.1, -0.05) is 0 Å². The van der Waals surface area contributed by atoms with E-state index in [4.69, 9.17) is 0 Å². The van der Waals surface area contributed by atoms with Gasteiger partial charge in [0.2, 0.25) is 0 Å². The van der Waals surface area contributed by atoms with E-state index >= 15 is 0 Å². The van der Waals surface area contributed by atoms with Crippen LogP contribution in [0.1, 0.15) is 18.2 Å². The highest BCUT2D eigenvalue weighted by molar-refractivity contribution is 5.88. The summed E-state index contributed by atoms with van der Waals surface area (Å²) in [5, 5.41) is 3.08. The Morgan fingerprint density at radius 3 is 2.65 bits per heavy atom. The molecule has 0 amide bonds. The van der Waals surface area contributed by atoms with E-state index in [1.807, 2.05) is 13.8 Å². The molecule has 2 N–H and O–H groups in total. The standard InChI is InChI=1S/C16H17F3N2O2/c1-4-23-15(22)8-14(16(17,18)19)21-11-5-6-13-12(7-11)9(2)10(3)20-13/h5-8,20-21H,4H2,1-3H3. The second kappa shape index (κ2) is 6.36. The molecule has 0 aliphatic carbocycles. The van der Waals surface area contributed by atoms with E-state index in [0.717, 1.165) is 22.2 Å². The van der Waals surface area contributed by atoms with Crippen LogP contribution < -0.4 is 5.32 Å². The van der Waals surface area contributed by atoms with Crippen LogP contribution in [0.25, 0.3) is 10.9 Å². The Bertz CT molecular complexity index is 761. The maximum atomic E-state index is 13.1. The number of hydrogen-bond donors (Lipinski definition) is 2. The van der Waals surface area contributed by atoms with Gasteiger partial charge in [-0.15, -0.1) is 0 Å². The summed E-state index contributed by atoms with van der Waals surface area (Å²) >= 11 is 0. The summed E-state index contributed by atoms with van der Waals surface area (Å²) in [6, 6.07) is 4.82. The normalized spacial score (nSPS) is 12.5. The number of allylic oxidation sites excluding steroid dienone is 1. The molecule has 1 aromatic carbocycles. The number of nitrogens with one attached hydrogen (secondary N) is 2. The Labute approximate surface area is 131 Å². The van der Waals surface area contributed by atoms with Gasteiger partial charge in [0.25, 0.3) is 0 Å². The number of benzene rings is 1. The molecular weight excluding hydrogens is 309 g/mol. The van der Waals surface area contributed by atoms with Gasteiger partial charge in [0, 0.05) is 22.3 Å². The predicted octanol–water partition coefficient (Wildman–Crippen LogP) is 4.21. The number of carbonyl (C=O) groups is 1. The SMILES string of the molecule is CCOC(=O)C=C(Nc1ccc2[nH]c(C)c(C)c2c1)C(F)(F)F. The Hall–Kier alpha value is -2.44. The lowest BCUT2D eigenvalue weighted by Crippen LogP contribution is -2.21. The van der Waals surface area contributed by atoms with Crippen molar-refractivity contribution in [1.29, 1.82) is 0 Å². The van der Waals surface area contributed by atoms with Crippen LogP contribution in [-0.2, 0) is 9.53 Å². The first-order valence-electron chi connectivity index (χ1n) is 7.04. The number of alkyl halides is 3. The summed E-state index contributed by atoms with van der Waals surface area (Å²) in [4.78, 5) is 14.5. The Morgan fingerprint density at radius 1 is 1.35 bits per heavy atom. The molecule has 7 heteroatoms. The molecule has 0 unspecified atom stereocenters. The van der Waals surface area contributed by atoms with Gasteiger partial charge in [0.05, 0.1) is 12.7 Å². The van der Waals surface area contributed by atoms with Crippen molar-refractivity contribution in [2.75, 3.05) is 11.9 Å². The largest absolute Gasteiger partial charge is 0.463 e. The van der Waals surface area contributed by atoms with Crippen molar-refractivity contribution >= 4 is 22.6 Å². The molecule has 2 rings (SSSR count). The lowest BCUT2D eigenvalue weighted by atomic mass is 10.1. The molecule has 1 heterocycles. The van der Waals surface area contributed by atoms with Crippen LogP contribution in [0, 0.1) is 13.8 Å². The molecule has 23 heavy (non-hydrogen) atoms. The number of esters is 1. The highest BCUT2D eigenvalue weighted by Gasteiger charge is 2.35. The number of aromatic nitrogens is 1. The number of fused-ring (bicyclic) bond motifs is 1. The van der Waals surface area contributed by atoms with Gasteiger partial charge >= 0.3 is 12.1 Å². The van der Waals surface area contributed by atoms with Gasteiger partial charge in [-0.25, -0.2) is 4.79 Å². The fraction of sp³-hybridized carbons (Fsp3) is 0.312. The number of halogens is 3. The molecule has 0 fully saturated rings. The third kappa shape index (κ3) is 3.85. The van der Waals surface area contributed by atoms with Crippen LogP contribution in [0.3, 0.4) is 0 Å². The second-order valence-electron chi connectivity index (χ2n) is 5.07. The van der Waals surface area contributed by atoms with E-state index in [1.54, 1.807) is 12.1 Å². The third-order valence-corrected chi connectivity index (χ3v) is 3.44. The van der Waals surface area contributed by atoms with Crippen molar-refractivity contribution in [2.24, 2.45) is 0 Å². The molecule has 0 atom stereocenters. The third-order valence-electron chi connectivity index (χ3n) is 3.44. The highest BCUT2D eigenvalue weighted by atomic mass is 19.4. The molecule has 0 aliphatic rings. The minimum Gasteiger partial charge on any atom is -0.463 e. The van der Waals surface area contributed by atoms with Crippen molar-refractivity contribution in [3.63, 3.8) is 0 Å². The van der Waals surface area contributed by atoms with E-state index in [-0.39, 0.29) is 12.3 Å². The number of H-pyrrole nitrogens is 1. The minimum absolute atomic E-state index is 0.00819. The topological polar surface area (TPSA) is 54.1 Å². The number of ether oxygens (including phenoxy) is 1. The molecule has 0 aliphatic heterocycles. The smallest absolute Gasteiger partial charge is 0.431 e. The molecule has 1 aromatic heterocycles. The summed E-state index contributed by atoms with van der Waals surface area (Å²) in [7, 11) is 0. The fourth-order valence-corrected chi connectivity index (χ4v) is 2.19. The number of hydrogen-bond acceptors (Lipinski definition) is 3. The van der Waals surface area contributed by atoms with Crippen LogP contribution in [-0.4, -0.2) is 23.7 Å². The Kier molecular flexibility index (Phi) is 4.68. The van der Waals surface area contributed by atoms with E-state index in [9.17, 15) is 18.0 Å². The van der Waals surface area contributed by atoms with Crippen molar-refractivity contribution < 1.29 is 22.7 Å². The zero-order valence-corrected chi connectivity index (χ0v) is 13.0. The fourth-order valence-electron chi connectivity index (χ4n) is 2.19. The summed E-state index contributed by atoms with van der Waals surface area (Å²) in [5.41, 5.74) is 1.84. The number of rotatable bonds is 4. The van der Waals surface area contributed by atoms with Gasteiger partial charge in [-0.3, -0.25) is 0 Å². The average Bonchev–Trinajstić information content (AvgIpc) is 2.73. The van der Waals surface area contributed by atoms with Gasteiger partial charge in [0.1, 0.15) is 5.70 Å².